The Kier molecular flexibility index (Phi) is 6.80. The number of aromatic nitrogens is 2. The molecule has 4 aromatic carbocycles. The molecule has 41 heavy (non-hydrogen) atoms. The topological polar surface area (TPSA) is 81.5 Å². The molecule has 5 aromatic rings. The summed E-state index contributed by atoms with van der Waals surface area (Å²) in [6.45, 7) is 0.344. The maximum Gasteiger partial charge on any atom is 0.416 e. The number of alkyl halides is 3. The molecule has 206 valence electrons. The summed E-state index contributed by atoms with van der Waals surface area (Å²) in [5.74, 6) is -2.38. The first kappa shape index (κ1) is 26.7. The Morgan fingerprint density at radius 3 is 2.27 bits per heavy atom. The van der Waals surface area contributed by atoms with Crippen molar-refractivity contribution in [1.82, 2.24) is 8.75 Å². The van der Waals surface area contributed by atoms with Gasteiger partial charge < -0.3 is 14.6 Å². The van der Waals surface area contributed by atoms with Crippen LogP contribution in [-0.4, -0.2) is 19.8 Å². The Hall–Kier alpha value is -4.54. The van der Waals surface area contributed by atoms with Gasteiger partial charge in [0.05, 0.1) is 22.9 Å². The van der Waals surface area contributed by atoms with E-state index in [-0.39, 0.29) is 23.1 Å². The number of hydrogen-bond donors (Lipinski definition) is 1. The predicted molar refractivity (Wildman–Crippen MR) is 147 cm³/mol. The maximum atomic E-state index is 13.3. The summed E-state index contributed by atoms with van der Waals surface area (Å²) in [5, 5.41) is 11.9. The fourth-order valence-electron chi connectivity index (χ4n) is 4.74. The minimum absolute atomic E-state index is 0.0463. The highest BCUT2D eigenvalue weighted by Gasteiger charge is 2.48. The van der Waals surface area contributed by atoms with Gasteiger partial charge in [-0.25, -0.2) is 4.79 Å². The molecule has 6 nitrogen and oxygen atoms in total. The average molecular weight is 575 g/mol. The molecule has 1 aliphatic rings. The molecule has 0 fully saturated rings. The van der Waals surface area contributed by atoms with Gasteiger partial charge in [0.25, 0.3) is 5.79 Å². The second-order valence-corrected chi connectivity index (χ2v) is 10.1. The summed E-state index contributed by atoms with van der Waals surface area (Å²) < 4.78 is 59.3. The Morgan fingerprint density at radius 1 is 0.854 bits per heavy atom. The summed E-state index contributed by atoms with van der Waals surface area (Å²) in [6, 6.07) is 25.8. The molecule has 6 rings (SSSR count). The van der Waals surface area contributed by atoms with Crippen LogP contribution in [0.5, 0.6) is 5.75 Å². The van der Waals surface area contributed by atoms with Gasteiger partial charge in [-0.15, -0.1) is 0 Å². The van der Waals surface area contributed by atoms with E-state index in [0.717, 1.165) is 29.4 Å². The van der Waals surface area contributed by atoms with E-state index in [2.05, 4.69) is 8.75 Å². The molecule has 1 atom stereocenters. The number of carbonyl (C=O) groups is 1. The van der Waals surface area contributed by atoms with Gasteiger partial charge >= 0.3 is 12.1 Å². The average Bonchev–Trinajstić information content (AvgIpc) is 3.54. The third-order valence-electron chi connectivity index (χ3n) is 6.85. The van der Waals surface area contributed by atoms with E-state index < -0.39 is 23.5 Å². The normalized spacial score (nSPS) is 17.2. The summed E-state index contributed by atoms with van der Waals surface area (Å²) in [4.78, 5) is 13.3. The van der Waals surface area contributed by atoms with Crippen LogP contribution in [0, 0.1) is 0 Å². The number of cyclic esters (lactones) is 1. The first-order valence-corrected chi connectivity index (χ1v) is 13.3. The van der Waals surface area contributed by atoms with Crippen molar-refractivity contribution in [1.29, 1.82) is 0 Å². The second-order valence-electron chi connectivity index (χ2n) is 9.52. The van der Waals surface area contributed by atoms with E-state index in [1.807, 2.05) is 30.3 Å². The summed E-state index contributed by atoms with van der Waals surface area (Å²) in [7, 11) is 0. The summed E-state index contributed by atoms with van der Waals surface area (Å²) in [5.41, 5.74) is 2.90. The van der Waals surface area contributed by atoms with Crippen LogP contribution < -0.4 is 4.74 Å². The zero-order valence-corrected chi connectivity index (χ0v) is 22.1. The van der Waals surface area contributed by atoms with Gasteiger partial charge in [-0.1, -0.05) is 48.5 Å². The van der Waals surface area contributed by atoms with E-state index >= 15 is 0 Å². The highest BCUT2D eigenvalue weighted by molar-refractivity contribution is 7.00. The first-order valence-electron chi connectivity index (χ1n) is 12.6. The predicted octanol–water partition coefficient (Wildman–Crippen LogP) is 6.69. The highest BCUT2D eigenvalue weighted by atomic mass is 32.1. The van der Waals surface area contributed by atoms with Crippen LogP contribution in [0.1, 0.15) is 27.8 Å². The zero-order valence-electron chi connectivity index (χ0n) is 21.3. The molecule has 0 spiro atoms. The quantitative estimate of drug-likeness (QED) is 0.218. The first-order chi connectivity index (χ1) is 19.7. The van der Waals surface area contributed by atoms with E-state index in [4.69, 9.17) is 9.47 Å². The number of nitrogens with zero attached hydrogens (tertiary/aromatic N) is 2. The van der Waals surface area contributed by atoms with E-state index in [9.17, 15) is 23.1 Å². The van der Waals surface area contributed by atoms with Crippen molar-refractivity contribution in [2.45, 2.75) is 25.0 Å². The Morgan fingerprint density at radius 2 is 1.56 bits per heavy atom. The van der Waals surface area contributed by atoms with Gasteiger partial charge in [-0.2, -0.15) is 21.9 Å². The van der Waals surface area contributed by atoms with Crippen molar-refractivity contribution >= 4 is 34.3 Å². The molecule has 1 aliphatic heterocycles. The van der Waals surface area contributed by atoms with E-state index in [1.165, 1.54) is 12.1 Å². The number of halogens is 3. The Labute approximate surface area is 236 Å². The zero-order chi connectivity index (χ0) is 28.6. The number of hydrogen-bond acceptors (Lipinski definition) is 7. The van der Waals surface area contributed by atoms with Gasteiger partial charge in [-0.3, -0.25) is 0 Å². The van der Waals surface area contributed by atoms with Crippen molar-refractivity contribution in [3.8, 4) is 5.75 Å². The lowest BCUT2D eigenvalue weighted by Gasteiger charge is -2.26. The summed E-state index contributed by atoms with van der Waals surface area (Å²) >= 11 is 1.03. The van der Waals surface area contributed by atoms with E-state index in [1.54, 1.807) is 42.5 Å². The Bertz CT molecular complexity index is 1750. The molecule has 0 aliphatic carbocycles. The van der Waals surface area contributed by atoms with Crippen LogP contribution in [0.4, 0.5) is 13.2 Å². The van der Waals surface area contributed by atoms with Crippen molar-refractivity contribution in [2.75, 3.05) is 0 Å². The number of rotatable bonds is 7. The minimum atomic E-state index is -4.49. The number of carbonyl (C=O) groups excluding carboxylic acids is 1. The van der Waals surface area contributed by atoms with E-state index in [0.29, 0.717) is 34.5 Å². The van der Waals surface area contributed by atoms with Gasteiger partial charge in [0.15, 0.2) is 0 Å². The Balaban J connectivity index is 1.38. The molecule has 0 saturated carbocycles. The molecule has 1 aromatic heterocycles. The number of benzene rings is 4. The van der Waals surface area contributed by atoms with Crippen molar-refractivity contribution in [2.24, 2.45) is 0 Å². The fraction of sp³-hybridized carbons (Fsp3) is 0.129. The smallest absolute Gasteiger partial charge is 0.416 e. The lowest BCUT2D eigenvalue weighted by molar-refractivity contribution is -0.185. The molecule has 0 radical (unpaired) electrons. The number of esters is 1. The third-order valence-corrected chi connectivity index (χ3v) is 7.41. The van der Waals surface area contributed by atoms with Gasteiger partial charge in [0.2, 0.25) is 0 Å². The van der Waals surface area contributed by atoms with Crippen LogP contribution in [-0.2, 0) is 34.5 Å². The van der Waals surface area contributed by atoms with Crippen LogP contribution >= 0.6 is 11.7 Å². The van der Waals surface area contributed by atoms with Gasteiger partial charge in [0, 0.05) is 17.6 Å². The molecule has 2 heterocycles. The molecular weight excluding hydrogens is 553 g/mol. The van der Waals surface area contributed by atoms with Gasteiger partial charge in [0.1, 0.15) is 23.4 Å². The van der Waals surface area contributed by atoms with Crippen LogP contribution in [0.3, 0.4) is 0 Å². The molecule has 1 unspecified atom stereocenters. The van der Waals surface area contributed by atoms with Crippen molar-refractivity contribution in [3.63, 3.8) is 0 Å². The molecular formula is C31H21F3N2O4S. The fourth-order valence-corrected chi connectivity index (χ4v) is 5.26. The lowest BCUT2D eigenvalue weighted by atomic mass is 9.88. The number of ether oxygens (including phenoxy) is 2. The molecule has 10 heteroatoms. The van der Waals surface area contributed by atoms with Crippen LogP contribution in [0.2, 0.25) is 0 Å². The molecule has 0 bridgehead atoms. The minimum Gasteiger partial charge on any atom is -0.489 e. The van der Waals surface area contributed by atoms with Crippen LogP contribution in [0.15, 0.2) is 103 Å². The highest BCUT2D eigenvalue weighted by Crippen LogP contribution is 2.45. The van der Waals surface area contributed by atoms with Crippen molar-refractivity contribution < 1.29 is 32.5 Å². The third kappa shape index (κ3) is 5.31. The van der Waals surface area contributed by atoms with Crippen LogP contribution in [0.25, 0.3) is 16.6 Å². The monoisotopic (exact) mass is 574 g/mol. The maximum absolute atomic E-state index is 13.3. The second kappa shape index (κ2) is 10.5. The lowest BCUT2D eigenvalue weighted by Crippen LogP contribution is -2.29. The molecule has 0 amide bonds. The number of fused-ring (bicyclic) bond motifs is 1. The molecule has 1 N–H and O–H groups in total. The standard InChI is InChI=1S/C31H21F3N2O4S/c32-31(33,34)23-9-6-19(7-10-23)16-25-28(21-8-15-26-27(17-21)36-41-35-26)29(37)40-30(25,38)22-11-13-24(14-12-22)39-18-20-4-2-1-3-5-20/h1-15,17,38H,16,18H2. The number of aliphatic hydroxyl groups is 1. The SMILES string of the molecule is O=C1OC(O)(c2ccc(OCc3ccccc3)cc2)C(Cc2ccc(C(F)(F)F)cc2)=C1c1ccc2nsnc2c1. The van der Waals surface area contributed by atoms with Crippen molar-refractivity contribution in [3.05, 3.63) is 130 Å². The van der Waals surface area contributed by atoms with Gasteiger partial charge in [-0.05, 0) is 65.2 Å². The summed E-state index contributed by atoms with van der Waals surface area (Å²) in [6.07, 6.45) is -4.53. The molecule has 0 saturated heterocycles. The largest absolute Gasteiger partial charge is 0.489 e.